The van der Waals surface area contributed by atoms with Crippen LogP contribution in [0.3, 0.4) is 0 Å². The highest BCUT2D eigenvalue weighted by Gasteiger charge is 2.31. The molecule has 0 fully saturated rings. The average Bonchev–Trinajstić information content (AvgIpc) is 2.87. The first-order valence-electron chi connectivity index (χ1n) is 5.34. The molecule has 0 saturated heterocycles. The number of benzene rings is 1. The minimum Gasteiger partial charge on any atom is -0.467 e. The molecule has 1 atom stereocenters. The predicted octanol–water partition coefficient (Wildman–Crippen LogP) is 1.24. The van der Waals surface area contributed by atoms with Gasteiger partial charge in [-0.15, -0.1) is 0 Å². The molecule has 2 rings (SSSR count). The van der Waals surface area contributed by atoms with Crippen molar-refractivity contribution in [3.05, 3.63) is 48.0 Å². The molecule has 1 amide bonds. The Kier molecular flexibility index (Phi) is 3.23. The minimum atomic E-state index is -0.604. The van der Waals surface area contributed by atoms with Crippen LogP contribution in [0.25, 0.3) is 0 Å². The molecule has 0 radical (unpaired) electrons. The molecule has 1 aromatic rings. The van der Waals surface area contributed by atoms with Crippen molar-refractivity contribution in [2.45, 2.75) is 6.04 Å². The van der Waals surface area contributed by atoms with Crippen molar-refractivity contribution in [1.29, 1.82) is 0 Å². The Hall–Kier alpha value is -2.10. The number of carbonyl (C=O) groups is 2. The van der Waals surface area contributed by atoms with Gasteiger partial charge in [-0.25, -0.2) is 4.79 Å². The SMILES string of the molecule is COC(=O)[C@@H]1C=CCN1C(=O)c1ccccc1. The van der Waals surface area contributed by atoms with E-state index >= 15 is 0 Å². The molecule has 4 heteroatoms. The van der Waals surface area contributed by atoms with Gasteiger partial charge in [-0.05, 0) is 12.1 Å². The van der Waals surface area contributed by atoms with E-state index in [1.54, 1.807) is 36.4 Å². The van der Waals surface area contributed by atoms with Crippen LogP contribution in [-0.2, 0) is 9.53 Å². The van der Waals surface area contributed by atoms with Gasteiger partial charge in [-0.2, -0.15) is 0 Å². The van der Waals surface area contributed by atoms with Crippen LogP contribution in [0.5, 0.6) is 0 Å². The number of ether oxygens (including phenoxy) is 1. The van der Waals surface area contributed by atoms with Crippen molar-refractivity contribution in [2.75, 3.05) is 13.7 Å². The molecule has 4 nitrogen and oxygen atoms in total. The Balaban J connectivity index is 2.18. The van der Waals surface area contributed by atoms with Gasteiger partial charge in [-0.3, -0.25) is 4.79 Å². The molecule has 0 unspecified atom stereocenters. The fraction of sp³-hybridized carbons (Fsp3) is 0.231. The highest BCUT2D eigenvalue weighted by molar-refractivity contribution is 5.97. The van der Waals surface area contributed by atoms with Gasteiger partial charge < -0.3 is 9.64 Å². The van der Waals surface area contributed by atoms with Gasteiger partial charge in [0.25, 0.3) is 5.91 Å². The first-order valence-corrected chi connectivity index (χ1v) is 5.34. The molecule has 0 spiro atoms. The normalized spacial score (nSPS) is 18.2. The smallest absolute Gasteiger partial charge is 0.332 e. The molecule has 0 aliphatic carbocycles. The van der Waals surface area contributed by atoms with Crippen molar-refractivity contribution >= 4 is 11.9 Å². The van der Waals surface area contributed by atoms with Crippen molar-refractivity contribution in [3.63, 3.8) is 0 Å². The summed E-state index contributed by atoms with van der Waals surface area (Å²) in [5.41, 5.74) is 0.574. The zero-order valence-electron chi connectivity index (χ0n) is 9.50. The zero-order chi connectivity index (χ0) is 12.3. The van der Waals surface area contributed by atoms with Crippen LogP contribution in [0.4, 0.5) is 0 Å². The number of esters is 1. The molecule has 0 bridgehead atoms. The fourth-order valence-electron chi connectivity index (χ4n) is 1.80. The molecule has 0 saturated carbocycles. The summed E-state index contributed by atoms with van der Waals surface area (Å²) < 4.78 is 4.67. The summed E-state index contributed by atoms with van der Waals surface area (Å²) in [5.74, 6) is -0.575. The quantitative estimate of drug-likeness (QED) is 0.568. The predicted molar refractivity (Wildman–Crippen MR) is 62.4 cm³/mol. The molecule has 1 aromatic carbocycles. The molecular formula is C13H13NO3. The van der Waals surface area contributed by atoms with Crippen LogP contribution >= 0.6 is 0 Å². The first-order chi connectivity index (χ1) is 8.24. The third-order valence-corrected chi connectivity index (χ3v) is 2.68. The van der Waals surface area contributed by atoms with Crippen LogP contribution in [0, 0.1) is 0 Å². The Labute approximate surface area is 99.5 Å². The lowest BCUT2D eigenvalue weighted by atomic mass is 10.2. The lowest BCUT2D eigenvalue weighted by Crippen LogP contribution is -2.41. The fourth-order valence-corrected chi connectivity index (χ4v) is 1.80. The first kappa shape index (κ1) is 11.4. The van der Waals surface area contributed by atoms with Gasteiger partial charge in [-0.1, -0.05) is 30.4 Å². The van der Waals surface area contributed by atoms with Crippen LogP contribution in [-0.4, -0.2) is 36.5 Å². The van der Waals surface area contributed by atoms with Crippen LogP contribution in [0.1, 0.15) is 10.4 Å². The standard InChI is InChI=1S/C13H13NO3/c1-17-13(16)11-8-5-9-14(11)12(15)10-6-3-2-4-7-10/h2-8,11H,9H2,1H3/t11-/m0/s1. The van der Waals surface area contributed by atoms with Crippen molar-refractivity contribution < 1.29 is 14.3 Å². The molecule has 1 heterocycles. The number of rotatable bonds is 2. The summed E-state index contributed by atoms with van der Waals surface area (Å²) in [6.45, 7) is 0.438. The van der Waals surface area contributed by atoms with E-state index in [1.807, 2.05) is 6.07 Å². The zero-order valence-corrected chi connectivity index (χ0v) is 9.50. The lowest BCUT2D eigenvalue weighted by molar-refractivity contribution is -0.143. The number of methoxy groups -OCH3 is 1. The van der Waals surface area contributed by atoms with E-state index in [4.69, 9.17) is 0 Å². The Bertz CT molecular complexity index is 453. The van der Waals surface area contributed by atoms with Crippen LogP contribution in [0.2, 0.25) is 0 Å². The monoisotopic (exact) mass is 231 g/mol. The molecule has 0 N–H and O–H groups in total. The minimum absolute atomic E-state index is 0.161. The number of hydrogen-bond acceptors (Lipinski definition) is 3. The van der Waals surface area contributed by atoms with E-state index in [1.165, 1.54) is 12.0 Å². The topological polar surface area (TPSA) is 46.6 Å². The van der Waals surface area contributed by atoms with Gasteiger partial charge in [0, 0.05) is 12.1 Å². The van der Waals surface area contributed by atoms with Crippen molar-refractivity contribution in [3.8, 4) is 0 Å². The Morgan fingerprint density at radius 1 is 1.29 bits per heavy atom. The van der Waals surface area contributed by atoms with Crippen LogP contribution < -0.4 is 0 Å². The van der Waals surface area contributed by atoms with Crippen LogP contribution in [0.15, 0.2) is 42.5 Å². The number of hydrogen-bond donors (Lipinski definition) is 0. The second-order valence-electron chi connectivity index (χ2n) is 3.72. The van der Waals surface area contributed by atoms with Gasteiger partial charge >= 0.3 is 5.97 Å². The maximum absolute atomic E-state index is 12.2. The van der Waals surface area contributed by atoms with E-state index in [0.29, 0.717) is 12.1 Å². The molecule has 88 valence electrons. The summed E-state index contributed by atoms with van der Waals surface area (Å²) in [4.78, 5) is 25.1. The summed E-state index contributed by atoms with van der Waals surface area (Å²) >= 11 is 0. The Morgan fingerprint density at radius 3 is 2.65 bits per heavy atom. The van der Waals surface area contributed by atoms with Gasteiger partial charge in [0.05, 0.1) is 7.11 Å². The summed E-state index contributed by atoms with van der Waals surface area (Å²) in [6, 6.07) is 8.29. The highest BCUT2D eigenvalue weighted by Crippen LogP contribution is 2.15. The molecule has 17 heavy (non-hydrogen) atoms. The maximum Gasteiger partial charge on any atom is 0.332 e. The maximum atomic E-state index is 12.2. The van der Waals surface area contributed by atoms with E-state index in [0.717, 1.165) is 0 Å². The largest absolute Gasteiger partial charge is 0.467 e. The van der Waals surface area contributed by atoms with E-state index in [2.05, 4.69) is 4.74 Å². The van der Waals surface area contributed by atoms with Gasteiger partial charge in [0.15, 0.2) is 0 Å². The third-order valence-electron chi connectivity index (χ3n) is 2.68. The Morgan fingerprint density at radius 2 is 2.00 bits per heavy atom. The molecule has 1 aliphatic heterocycles. The van der Waals surface area contributed by atoms with Crippen molar-refractivity contribution in [2.24, 2.45) is 0 Å². The van der Waals surface area contributed by atoms with Gasteiger partial charge in [0.1, 0.15) is 6.04 Å². The van der Waals surface area contributed by atoms with E-state index < -0.39 is 12.0 Å². The lowest BCUT2D eigenvalue weighted by Gasteiger charge is -2.22. The second-order valence-corrected chi connectivity index (χ2v) is 3.72. The number of carbonyl (C=O) groups excluding carboxylic acids is 2. The summed E-state index contributed by atoms with van der Waals surface area (Å²) in [5, 5.41) is 0. The van der Waals surface area contributed by atoms with E-state index in [-0.39, 0.29) is 5.91 Å². The summed E-state index contributed by atoms with van der Waals surface area (Å²) in [6.07, 6.45) is 3.48. The highest BCUT2D eigenvalue weighted by atomic mass is 16.5. The van der Waals surface area contributed by atoms with E-state index in [9.17, 15) is 9.59 Å². The molecule has 1 aliphatic rings. The molecule has 0 aromatic heterocycles. The number of nitrogens with zero attached hydrogens (tertiary/aromatic N) is 1. The second kappa shape index (κ2) is 4.82. The molecular weight excluding hydrogens is 218 g/mol. The number of amides is 1. The third kappa shape index (κ3) is 2.20. The average molecular weight is 231 g/mol. The summed E-state index contributed by atoms with van der Waals surface area (Å²) in [7, 11) is 1.32. The van der Waals surface area contributed by atoms with Gasteiger partial charge in [0.2, 0.25) is 0 Å². The van der Waals surface area contributed by atoms with Crippen molar-refractivity contribution in [1.82, 2.24) is 4.90 Å².